The fourth-order valence-electron chi connectivity index (χ4n) is 0.754. The molecular weight excluding hydrogens is 322 g/mol. The SMILES string of the molecule is FC(F)(F)C(F)(F)Oc1ccc(Cl)cc1Br. The minimum absolute atomic E-state index is 0.0936. The molecule has 1 aromatic carbocycles. The Morgan fingerprint density at radius 3 is 2.12 bits per heavy atom. The summed E-state index contributed by atoms with van der Waals surface area (Å²) in [4.78, 5) is 0. The maximum Gasteiger partial charge on any atom is 0.499 e. The number of ether oxygens (including phenoxy) is 1. The second-order valence-electron chi connectivity index (χ2n) is 2.69. The highest BCUT2D eigenvalue weighted by atomic mass is 79.9. The van der Waals surface area contributed by atoms with Gasteiger partial charge in [0.15, 0.2) is 0 Å². The highest BCUT2D eigenvalue weighted by Gasteiger charge is 2.61. The molecule has 0 fully saturated rings. The molecule has 0 aliphatic carbocycles. The van der Waals surface area contributed by atoms with Crippen molar-refractivity contribution in [2.45, 2.75) is 12.3 Å². The average molecular weight is 325 g/mol. The molecule has 90 valence electrons. The van der Waals surface area contributed by atoms with Crippen LogP contribution in [-0.4, -0.2) is 12.3 Å². The van der Waals surface area contributed by atoms with Crippen LogP contribution < -0.4 is 4.74 Å². The number of rotatable bonds is 2. The molecule has 0 N–H and O–H groups in total. The monoisotopic (exact) mass is 324 g/mol. The van der Waals surface area contributed by atoms with Crippen LogP contribution in [0.5, 0.6) is 5.75 Å². The van der Waals surface area contributed by atoms with Gasteiger partial charge in [0.05, 0.1) is 4.47 Å². The summed E-state index contributed by atoms with van der Waals surface area (Å²) in [6, 6.07) is 3.18. The highest BCUT2D eigenvalue weighted by molar-refractivity contribution is 9.10. The van der Waals surface area contributed by atoms with Crippen molar-refractivity contribution in [1.29, 1.82) is 0 Å². The lowest BCUT2D eigenvalue weighted by molar-refractivity contribution is -0.360. The van der Waals surface area contributed by atoms with Gasteiger partial charge in [-0.2, -0.15) is 22.0 Å². The van der Waals surface area contributed by atoms with Crippen LogP contribution in [0.1, 0.15) is 0 Å². The Bertz CT molecular complexity index is 393. The van der Waals surface area contributed by atoms with Crippen molar-refractivity contribution in [2.24, 2.45) is 0 Å². The molecule has 0 bridgehead atoms. The van der Waals surface area contributed by atoms with Crippen molar-refractivity contribution in [3.8, 4) is 5.75 Å². The molecule has 1 nitrogen and oxygen atoms in total. The third kappa shape index (κ3) is 2.98. The van der Waals surface area contributed by atoms with Gasteiger partial charge in [-0.25, -0.2) is 0 Å². The molecule has 0 saturated heterocycles. The van der Waals surface area contributed by atoms with E-state index < -0.39 is 18.0 Å². The molecule has 0 atom stereocenters. The average Bonchev–Trinajstić information content (AvgIpc) is 2.08. The van der Waals surface area contributed by atoms with E-state index in [0.29, 0.717) is 0 Å². The molecule has 0 amide bonds. The summed E-state index contributed by atoms with van der Waals surface area (Å²) < 4.78 is 63.9. The molecular formula is C8H3BrClF5O. The maximum absolute atomic E-state index is 12.5. The van der Waals surface area contributed by atoms with Crippen molar-refractivity contribution >= 4 is 27.5 Å². The zero-order valence-corrected chi connectivity index (χ0v) is 9.63. The molecule has 0 heterocycles. The standard InChI is InChI=1S/C8H3BrClF5O/c9-5-3-4(10)1-2-6(5)16-8(14,15)7(11,12)13/h1-3H. The van der Waals surface area contributed by atoms with E-state index in [-0.39, 0.29) is 9.50 Å². The van der Waals surface area contributed by atoms with E-state index in [2.05, 4.69) is 20.7 Å². The lowest BCUT2D eigenvalue weighted by Crippen LogP contribution is -2.41. The van der Waals surface area contributed by atoms with E-state index in [1.807, 2.05) is 0 Å². The van der Waals surface area contributed by atoms with E-state index in [0.717, 1.165) is 18.2 Å². The summed E-state index contributed by atoms with van der Waals surface area (Å²) in [6.45, 7) is 0. The second kappa shape index (κ2) is 4.37. The van der Waals surface area contributed by atoms with Crippen molar-refractivity contribution in [3.05, 3.63) is 27.7 Å². The van der Waals surface area contributed by atoms with Crippen LogP contribution in [0.2, 0.25) is 5.02 Å². The summed E-state index contributed by atoms with van der Waals surface area (Å²) in [7, 11) is 0. The Morgan fingerprint density at radius 2 is 1.69 bits per heavy atom. The van der Waals surface area contributed by atoms with Crippen LogP contribution in [0.4, 0.5) is 22.0 Å². The normalized spacial score (nSPS) is 12.7. The predicted molar refractivity (Wildman–Crippen MR) is 50.8 cm³/mol. The van der Waals surface area contributed by atoms with Gasteiger partial charge in [0.1, 0.15) is 5.75 Å². The molecule has 1 aromatic rings. The van der Waals surface area contributed by atoms with Gasteiger partial charge >= 0.3 is 12.3 Å². The first kappa shape index (κ1) is 13.5. The lowest BCUT2D eigenvalue weighted by atomic mass is 10.3. The largest absolute Gasteiger partial charge is 0.499 e. The first-order valence-corrected chi connectivity index (χ1v) is 4.89. The summed E-state index contributed by atoms with van der Waals surface area (Å²) in [5, 5.41) is 0.176. The van der Waals surface area contributed by atoms with Gasteiger partial charge in [-0.1, -0.05) is 11.6 Å². The Morgan fingerprint density at radius 1 is 1.12 bits per heavy atom. The van der Waals surface area contributed by atoms with Crippen LogP contribution in [0.3, 0.4) is 0 Å². The van der Waals surface area contributed by atoms with E-state index in [9.17, 15) is 22.0 Å². The van der Waals surface area contributed by atoms with Crippen LogP contribution >= 0.6 is 27.5 Å². The van der Waals surface area contributed by atoms with Crippen LogP contribution in [0.25, 0.3) is 0 Å². The second-order valence-corrected chi connectivity index (χ2v) is 3.98. The third-order valence-corrected chi connectivity index (χ3v) is 2.32. The smallest absolute Gasteiger partial charge is 0.425 e. The zero-order valence-electron chi connectivity index (χ0n) is 7.29. The summed E-state index contributed by atoms with van der Waals surface area (Å²) in [5.74, 6) is -0.647. The van der Waals surface area contributed by atoms with Gasteiger partial charge in [0.25, 0.3) is 0 Å². The molecule has 0 aromatic heterocycles. The van der Waals surface area contributed by atoms with Crippen molar-refractivity contribution in [3.63, 3.8) is 0 Å². The summed E-state index contributed by atoms with van der Waals surface area (Å²) in [6.07, 6.45) is -11.0. The Labute approximate surface area is 100 Å². The van der Waals surface area contributed by atoms with Crippen LogP contribution in [0.15, 0.2) is 22.7 Å². The van der Waals surface area contributed by atoms with Crippen molar-refractivity contribution < 1.29 is 26.7 Å². The van der Waals surface area contributed by atoms with E-state index in [4.69, 9.17) is 11.6 Å². The van der Waals surface area contributed by atoms with E-state index >= 15 is 0 Å². The number of halogens is 7. The Balaban J connectivity index is 2.97. The number of alkyl halides is 5. The van der Waals surface area contributed by atoms with E-state index in [1.165, 1.54) is 0 Å². The molecule has 1 rings (SSSR count). The number of benzene rings is 1. The minimum atomic E-state index is -5.77. The lowest BCUT2D eigenvalue weighted by Gasteiger charge is -2.20. The van der Waals surface area contributed by atoms with Crippen LogP contribution in [0, 0.1) is 0 Å². The van der Waals surface area contributed by atoms with Gasteiger partial charge in [-0.15, -0.1) is 0 Å². The first-order chi connectivity index (χ1) is 7.13. The minimum Gasteiger partial charge on any atom is -0.425 e. The van der Waals surface area contributed by atoms with Gasteiger partial charge in [-0.05, 0) is 34.1 Å². The molecule has 0 spiro atoms. The topological polar surface area (TPSA) is 9.23 Å². The Kier molecular flexibility index (Phi) is 3.69. The summed E-state index contributed by atoms with van der Waals surface area (Å²) in [5.41, 5.74) is 0. The first-order valence-electron chi connectivity index (χ1n) is 3.72. The maximum atomic E-state index is 12.5. The van der Waals surface area contributed by atoms with Gasteiger partial charge in [0, 0.05) is 5.02 Å². The van der Waals surface area contributed by atoms with Gasteiger partial charge < -0.3 is 4.74 Å². The van der Waals surface area contributed by atoms with Crippen LogP contribution in [-0.2, 0) is 0 Å². The third-order valence-electron chi connectivity index (χ3n) is 1.46. The van der Waals surface area contributed by atoms with Gasteiger partial charge in [0.2, 0.25) is 0 Å². The highest BCUT2D eigenvalue weighted by Crippen LogP contribution is 2.39. The quantitative estimate of drug-likeness (QED) is 0.720. The Hall–Kier alpha value is -0.560. The molecule has 0 aliphatic rings. The molecule has 0 aliphatic heterocycles. The van der Waals surface area contributed by atoms with Crippen molar-refractivity contribution in [1.82, 2.24) is 0 Å². The molecule has 16 heavy (non-hydrogen) atoms. The number of hydrogen-bond acceptors (Lipinski definition) is 1. The predicted octanol–water partition coefficient (Wildman–Crippen LogP) is 4.64. The van der Waals surface area contributed by atoms with Crippen molar-refractivity contribution in [2.75, 3.05) is 0 Å². The fraction of sp³-hybridized carbons (Fsp3) is 0.250. The van der Waals surface area contributed by atoms with Gasteiger partial charge in [-0.3, -0.25) is 0 Å². The fourth-order valence-corrected chi connectivity index (χ4v) is 1.52. The van der Waals surface area contributed by atoms with E-state index in [1.54, 1.807) is 0 Å². The molecule has 0 unspecified atom stereocenters. The molecule has 0 radical (unpaired) electrons. The summed E-state index contributed by atoms with van der Waals surface area (Å²) >= 11 is 8.24. The zero-order chi connectivity index (χ0) is 12.6. The molecule has 8 heteroatoms. The number of hydrogen-bond donors (Lipinski definition) is 0. The molecule has 0 saturated carbocycles.